The number of nitrogens with one attached hydrogen (secondary N) is 2. The van der Waals surface area contributed by atoms with Crippen molar-refractivity contribution in [2.75, 3.05) is 26.1 Å². The van der Waals surface area contributed by atoms with Crippen molar-refractivity contribution in [3.8, 4) is 0 Å². The van der Waals surface area contributed by atoms with E-state index in [9.17, 15) is 45.6 Å². The van der Waals surface area contributed by atoms with Gasteiger partial charge >= 0.3 is 0 Å². The Kier molecular flexibility index (Phi) is 12.5. The highest BCUT2D eigenvalue weighted by molar-refractivity contribution is 8.00. The molecule has 18 heteroatoms. The summed E-state index contributed by atoms with van der Waals surface area (Å²) in [5, 5.41) is 92.3. The molecule has 0 radical (unpaired) electrons. The third kappa shape index (κ3) is 7.84. The smallest absolute Gasteiger partial charge is 0.217 e. The van der Waals surface area contributed by atoms with Crippen molar-refractivity contribution in [1.29, 1.82) is 5.41 Å². The Labute approximate surface area is 239 Å². The van der Waals surface area contributed by atoms with E-state index in [2.05, 4.69) is 5.32 Å². The second kappa shape index (κ2) is 15.0. The largest absolute Gasteiger partial charge is 0.484 e. The number of methoxy groups -OCH3 is 1. The maximum Gasteiger partial charge on any atom is 0.217 e. The van der Waals surface area contributed by atoms with Crippen LogP contribution in [-0.4, -0.2) is 170 Å². The number of carbonyl (C=O) groups excluding carboxylic acids is 1. The Morgan fingerprint density at radius 1 is 0.829 bits per heavy atom. The molecule has 0 aliphatic carbocycles. The van der Waals surface area contributed by atoms with E-state index in [0.717, 1.165) is 11.8 Å². The fourth-order valence-electron chi connectivity index (χ4n) is 4.74. The molecule has 10 N–H and O–H groups in total. The van der Waals surface area contributed by atoms with Crippen LogP contribution in [0, 0.1) is 5.41 Å². The van der Waals surface area contributed by atoms with Gasteiger partial charge in [0.1, 0.15) is 66.5 Å². The van der Waals surface area contributed by atoms with Gasteiger partial charge in [0, 0.05) is 6.92 Å². The number of carbonyl (C=O) groups is 1. The number of hydrogen-bond donors (Lipinski definition) is 10. The summed E-state index contributed by atoms with van der Waals surface area (Å²) in [4.78, 5) is 12.3. The minimum absolute atomic E-state index is 0.0280. The van der Waals surface area contributed by atoms with Crippen molar-refractivity contribution in [1.82, 2.24) is 5.32 Å². The van der Waals surface area contributed by atoms with Crippen LogP contribution in [0.15, 0.2) is 0 Å². The molecule has 3 fully saturated rings. The zero-order valence-corrected chi connectivity index (χ0v) is 23.4. The van der Waals surface area contributed by atoms with Gasteiger partial charge in [-0.2, -0.15) is 0 Å². The lowest BCUT2D eigenvalue weighted by Crippen LogP contribution is -2.69. The maximum atomic E-state index is 12.3. The van der Waals surface area contributed by atoms with E-state index >= 15 is 0 Å². The summed E-state index contributed by atoms with van der Waals surface area (Å²) in [6.45, 7) is 1.18. The van der Waals surface area contributed by atoms with Gasteiger partial charge in [0.25, 0.3) is 0 Å². The van der Waals surface area contributed by atoms with Crippen LogP contribution < -0.4 is 5.32 Å². The van der Waals surface area contributed by atoms with Gasteiger partial charge in [-0.25, -0.2) is 0 Å². The molecule has 15 atom stereocenters. The molecular weight excluding hydrogens is 576 g/mol. The van der Waals surface area contributed by atoms with Crippen LogP contribution in [0.4, 0.5) is 0 Å². The van der Waals surface area contributed by atoms with Gasteiger partial charge in [-0.3, -0.25) is 10.2 Å². The number of rotatable bonds is 10. The molecule has 0 spiro atoms. The molecule has 6 unspecified atom stereocenters. The molecular formula is C23H40N2O15S. The monoisotopic (exact) mass is 616 g/mol. The molecule has 0 aromatic carbocycles. The fraction of sp³-hybridized carbons (Fsp3) is 0.913. The summed E-state index contributed by atoms with van der Waals surface area (Å²) in [5.41, 5.74) is -1.02. The lowest BCUT2D eigenvalue weighted by molar-refractivity contribution is -0.357. The summed E-state index contributed by atoms with van der Waals surface area (Å²) >= 11 is 1.00. The standard InChI is InChI=1S/C23H40N2O15S/c1-7-13(29)15(31)17(33)21(36-7)39-19-10(5-27)38-23(41-6-11(24)35-3)12(25-8(2)28)20(19)40-22-18(34)16(32)14(30)9(4-26)37-22/h7,9-10,12-24,26-27,29-34H,4-6H2,1-3H3,(H,25,28)/t7?,9-,10-,12?,13+,14-,15?,16?,17-,18?,19+,20?,21-,22-,23-/m0/s1. The number of amides is 1. The normalized spacial score (nSPS) is 45.2. The van der Waals surface area contributed by atoms with E-state index in [1.54, 1.807) is 0 Å². The van der Waals surface area contributed by atoms with E-state index < -0.39 is 110 Å². The highest BCUT2D eigenvalue weighted by Gasteiger charge is 2.54. The lowest BCUT2D eigenvalue weighted by atomic mass is 9.95. The molecule has 0 bridgehead atoms. The predicted molar refractivity (Wildman–Crippen MR) is 136 cm³/mol. The van der Waals surface area contributed by atoms with Crippen LogP contribution >= 0.6 is 11.8 Å². The molecule has 3 aliphatic rings. The van der Waals surface area contributed by atoms with Crippen molar-refractivity contribution in [2.24, 2.45) is 0 Å². The van der Waals surface area contributed by atoms with E-state index in [1.807, 2.05) is 0 Å². The minimum Gasteiger partial charge on any atom is -0.484 e. The number of aliphatic hydroxyl groups is 8. The molecule has 41 heavy (non-hydrogen) atoms. The summed E-state index contributed by atoms with van der Waals surface area (Å²) in [5.74, 6) is -0.721. The Morgan fingerprint density at radius 3 is 1.95 bits per heavy atom. The second-order valence-corrected chi connectivity index (χ2v) is 11.1. The third-order valence-corrected chi connectivity index (χ3v) is 8.22. The van der Waals surface area contributed by atoms with Crippen LogP contribution in [-0.2, 0) is 33.2 Å². The SMILES string of the molecule is COC(=N)CS[C@@H]1O[C@@H](CO)[C@@H](O[C@@H]2OC(C)[C@@H](O)C(O)[C@@H]2O)C(O[C@@H]2O[C@@H](CO)[C@H](O)C(O)C2O)C1NC(C)=O. The summed E-state index contributed by atoms with van der Waals surface area (Å²) in [6, 6.07) is -1.16. The average Bonchev–Trinajstić information content (AvgIpc) is 2.95. The molecule has 0 aromatic rings. The van der Waals surface area contributed by atoms with Crippen molar-refractivity contribution in [3.05, 3.63) is 0 Å². The van der Waals surface area contributed by atoms with Crippen molar-refractivity contribution >= 4 is 23.6 Å². The van der Waals surface area contributed by atoms with Crippen LogP contribution in [0.1, 0.15) is 13.8 Å². The first-order chi connectivity index (χ1) is 19.3. The average molecular weight is 617 g/mol. The van der Waals surface area contributed by atoms with Crippen LogP contribution in [0.5, 0.6) is 0 Å². The van der Waals surface area contributed by atoms with Gasteiger partial charge in [0.15, 0.2) is 18.5 Å². The van der Waals surface area contributed by atoms with Gasteiger partial charge in [-0.1, -0.05) is 0 Å². The Bertz CT molecular complexity index is 873. The quantitative estimate of drug-likeness (QED) is 0.0812. The molecule has 238 valence electrons. The Morgan fingerprint density at radius 2 is 1.39 bits per heavy atom. The molecule has 1 amide bonds. The van der Waals surface area contributed by atoms with Crippen molar-refractivity contribution in [2.45, 2.75) is 105 Å². The van der Waals surface area contributed by atoms with E-state index in [-0.39, 0.29) is 11.7 Å². The fourth-order valence-corrected chi connectivity index (χ4v) is 5.82. The molecule has 0 aromatic heterocycles. The summed E-state index contributed by atoms with van der Waals surface area (Å²) in [7, 11) is 1.29. The highest BCUT2D eigenvalue weighted by atomic mass is 32.2. The number of aliphatic hydroxyl groups excluding tert-OH is 8. The second-order valence-electron chi connectivity index (χ2n) is 9.97. The van der Waals surface area contributed by atoms with Gasteiger partial charge in [-0.15, -0.1) is 11.8 Å². The topological polar surface area (TPSA) is 270 Å². The maximum absolute atomic E-state index is 12.3. The summed E-state index contributed by atoms with van der Waals surface area (Å²) in [6.07, 6.45) is -19.9. The first-order valence-electron chi connectivity index (χ1n) is 12.9. The number of thioether (sulfide) groups is 1. The minimum atomic E-state index is -1.84. The van der Waals surface area contributed by atoms with Crippen molar-refractivity contribution < 1.29 is 74.1 Å². The van der Waals surface area contributed by atoms with Gasteiger partial charge in [-0.05, 0) is 6.92 Å². The van der Waals surface area contributed by atoms with Crippen LogP contribution in [0.2, 0.25) is 0 Å². The zero-order chi connectivity index (χ0) is 30.6. The number of hydrogen-bond acceptors (Lipinski definition) is 17. The van der Waals surface area contributed by atoms with Gasteiger partial charge < -0.3 is 74.6 Å². The Balaban J connectivity index is 1.99. The van der Waals surface area contributed by atoms with Gasteiger partial charge in [0.05, 0.1) is 38.2 Å². The van der Waals surface area contributed by atoms with Crippen LogP contribution in [0.25, 0.3) is 0 Å². The molecule has 17 nitrogen and oxygen atoms in total. The molecule has 3 aliphatic heterocycles. The van der Waals surface area contributed by atoms with E-state index in [0.29, 0.717) is 0 Å². The highest BCUT2D eigenvalue weighted by Crippen LogP contribution is 2.36. The number of ether oxygens (including phenoxy) is 6. The Hall–Kier alpha value is -1.23. The summed E-state index contributed by atoms with van der Waals surface area (Å²) < 4.78 is 33.9. The molecule has 3 heterocycles. The van der Waals surface area contributed by atoms with Gasteiger partial charge in [0.2, 0.25) is 5.91 Å². The zero-order valence-electron chi connectivity index (χ0n) is 22.6. The van der Waals surface area contributed by atoms with E-state index in [4.69, 9.17) is 33.8 Å². The first-order valence-corrected chi connectivity index (χ1v) is 14.0. The molecule has 3 rings (SSSR count). The first kappa shape index (κ1) is 34.3. The molecule has 3 saturated heterocycles. The third-order valence-electron chi connectivity index (χ3n) is 7.06. The van der Waals surface area contributed by atoms with Crippen LogP contribution in [0.3, 0.4) is 0 Å². The van der Waals surface area contributed by atoms with E-state index in [1.165, 1.54) is 21.0 Å². The predicted octanol–water partition coefficient (Wildman–Crippen LogP) is -5.04. The lowest BCUT2D eigenvalue weighted by Gasteiger charge is -2.50. The molecule has 0 saturated carbocycles. The van der Waals surface area contributed by atoms with Crippen molar-refractivity contribution in [3.63, 3.8) is 0 Å².